The first-order valence-corrected chi connectivity index (χ1v) is 5.44. The van der Waals surface area contributed by atoms with Crippen molar-refractivity contribution in [2.24, 2.45) is 0 Å². The number of nitrogens with two attached hydrogens (primary N) is 1. The van der Waals surface area contributed by atoms with E-state index in [9.17, 15) is 10.2 Å². The zero-order chi connectivity index (χ0) is 12.0. The van der Waals surface area contributed by atoms with Gasteiger partial charge < -0.3 is 15.9 Å². The standard InChI is InChI=1S/C14H12NO2/c15-8-5-6-11-12(7-8)14(17)10-4-2-1-3-9(10)13(11)16/h2-7,13-14,16-17H,15H2. The molecule has 0 amide bonds. The van der Waals surface area contributed by atoms with Crippen LogP contribution in [0.3, 0.4) is 0 Å². The highest BCUT2D eigenvalue weighted by atomic mass is 16.3. The van der Waals surface area contributed by atoms with Gasteiger partial charge in [-0.25, -0.2) is 0 Å². The van der Waals surface area contributed by atoms with Crippen LogP contribution in [0.1, 0.15) is 34.5 Å². The molecule has 3 rings (SSSR count). The number of rotatable bonds is 0. The van der Waals surface area contributed by atoms with Crippen molar-refractivity contribution in [3.05, 3.63) is 64.7 Å². The molecule has 4 N–H and O–H groups in total. The monoisotopic (exact) mass is 226 g/mol. The third-order valence-electron chi connectivity index (χ3n) is 3.22. The van der Waals surface area contributed by atoms with Gasteiger partial charge >= 0.3 is 0 Å². The van der Waals surface area contributed by atoms with Crippen LogP contribution in [0.2, 0.25) is 0 Å². The number of hydrogen-bond donors (Lipinski definition) is 3. The maximum atomic E-state index is 10.3. The average Bonchev–Trinajstić information content (AvgIpc) is 2.36. The van der Waals surface area contributed by atoms with Crippen molar-refractivity contribution in [3.63, 3.8) is 0 Å². The molecule has 17 heavy (non-hydrogen) atoms. The molecule has 0 saturated carbocycles. The van der Waals surface area contributed by atoms with Crippen LogP contribution in [0.15, 0.2) is 36.4 Å². The summed E-state index contributed by atoms with van der Waals surface area (Å²) in [5.74, 6) is 0. The first-order valence-electron chi connectivity index (χ1n) is 5.44. The molecule has 1 aliphatic rings. The van der Waals surface area contributed by atoms with Gasteiger partial charge in [-0.15, -0.1) is 0 Å². The number of nitrogen functional groups attached to an aromatic ring is 1. The minimum absolute atomic E-state index is 0.584. The topological polar surface area (TPSA) is 66.5 Å². The lowest BCUT2D eigenvalue weighted by molar-refractivity contribution is 0.173. The van der Waals surface area contributed by atoms with Crippen molar-refractivity contribution in [3.8, 4) is 0 Å². The molecule has 85 valence electrons. The van der Waals surface area contributed by atoms with Crippen LogP contribution in [0, 0.1) is 6.07 Å². The van der Waals surface area contributed by atoms with Crippen molar-refractivity contribution in [2.75, 3.05) is 5.73 Å². The summed E-state index contributed by atoms with van der Waals surface area (Å²) in [5, 5.41) is 20.5. The minimum Gasteiger partial charge on any atom is -0.399 e. The zero-order valence-electron chi connectivity index (χ0n) is 9.09. The van der Waals surface area contributed by atoms with Gasteiger partial charge in [0.05, 0.1) is 0 Å². The van der Waals surface area contributed by atoms with Crippen LogP contribution in [0.4, 0.5) is 5.69 Å². The summed E-state index contributed by atoms with van der Waals surface area (Å²) in [5.41, 5.74) is 9.10. The molecular formula is C14H12NO2. The molecule has 0 heterocycles. The Hall–Kier alpha value is -1.84. The smallest absolute Gasteiger partial charge is 0.105 e. The number of aliphatic hydroxyl groups is 2. The second-order valence-corrected chi connectivity index (χ2v) is 4.25. The average molecular weight is 226 g/mol. The van der Waals surface area contributed by atoms with Gasteiger partial charge in [-0.2, -0.15) is 0 Å². The Labute approximate surface area is 99.1 Å². The van der Waals surface area contributed by atoms with E-state index < -0.39 is 12.2 Å². The summed E-state index contributed by atoms with van der Waals surface area (Å²) < 4.78 is 0. The van der Waals surface area contributed by atoms with Crippen LogP contribution in [0.5, 0.6) is 0 Å². The van der Waals surface area contributed by atoms with Gasteiger partial charge in [-0.1, -0.05) is 18.2 Å². The quantitative estimate of drug-likeness (QED) is 0.597. The van der Waals surface area contributed by atoms with Crippen molar-refractivity contribution in [2.45, 2.75) is 12.2 Å². The molecule has 1 radical (unpaired) electrons. The molecule has 0 spiro atoms. The molecule has 0 bridgehead atoms. The normalized spacial score (nSPS) is 21.8. The molecule has 2 atom stereocenters. The third-order valence-corrected chi connectivity index (χ3v) is 3.22. The summed E-state index contributed by atoms with van der Waals surface area (Å²) in [4.78, 5) is 0. The first kappa shape index (κ1) is 10.3. The fourth-order valence-electron chi connectivity index (χ4n) is 2.36. The Bertz CT molecular complexity index is 580. The van der Waals surface area contributed by atoms with E-state index in [1.165, 1.54) is 0 Å². The van der Waals surface area contributed by atoms with Crippen molar-refractivity contribution >= 4 is 5.69 Å². The molecule has 0 fully saturated rings. The molecule has 3 heteroatoms. The fraction of sp³-hybridized carbons (Fsp3) is 0.143. The van der Waals surface area contributed by atoms with Gasteiger partial charge in [0.2, 0.25) is 0 Å². The lowest BCUT2D eigenvalue weighted by atomic mass is 9.82. The van der Waals surface area contributed by atoms with Gasteiger partial charge in [0, 0.05) is 5.69 Å². The highest BCUT2D eigenvalue weighted by Crippen LogP contribution is 2.41. The Morgan fingerprint density at radius 2 is 1.65 bits per heavy atom. The van der Waals surface area contributed by atoms with Crippen LogP contribution in [-0.4, -0.2) is 10.2 Å². The summed E-state index contributed by atoms with van der Waals surface area (Å²) in [6.07, 6.45) is -1.46. The second kappa shape index (κ2) is 3.58. The van der Waals surface area contributed by atoms with Crippen LogP contribution in [-0.2, 0) is 0 Å². The van der Waals surface area contributed by atoms with Gasteiger partial charge in [0.25, 0.3) is 0 Å². The maximum absolute atomic E-state index is 10.3. The van der Waals surface area contributed by atoms with Crippen molar-refractivity contribution < 1.29 is 10.2 Å². The predicted molar refractivity (Wildman–Crippen MR) is 64.3 cm³/mol. The van der Waals surface area contributed by atoms with Crippen LogP contribution >= 0.6 is 0 Å². The molecule has 0 aromatic heterocycles. The number of hydrogen-bond acceptors (Lipinski definition) is 3. The molecule has 2 unspecified atom stereocenters. The SMILES string of the molecule is Nc1ccc2c(c1)C(O)c1cc[c]cc1C2O. The van der Waals surface area contributed by atoms with Crippen LogP contribution in [0.25, 0.3) is 0 Å². The summed E-state index contributed by atoms with van der Waals surface area (Å²) in [6, 6.07) is 13.3. The summed E-state index contributed by atoms with van der Waals surface area (Å²) >= 11 is 0. The molecule has 3 nitrogen and oxygen atoms in total. The minimum atomic E-state index is -0.735. The van der Waals surface area contributed by atoms with E-state index in [1.54, 1.807) is 36.4 Å². The molecular weight excluding hydrogens is 214 g/mol. The van der Waals surface area contributed by atoms with E-state index in [1.807, 2.05) is 0 Å². The second-order valence-electron chi connectivity index (χ2n) is 4.25. The Morgan fingerprint density at radius 1 is 0.941 bits per heavy atom. The maximum Gasteiger partial charge on any atom is 0.105 e. The van der Waals surface area contributed by atoms with Crippen LogP contribution < -0.4 is 5.73 Å². The Kier molecular flexibility index (Phi) is 2.18. The van der Waals surface area contributed by atoms with E-state index in [0.29, 0.717) is 27.9 Å². The van der Waals surface area contributed by atoms with E-state index >= 15 is 0 Å². The zero-order valence-corrected chi connectivity index (χ0v) is 9.09. The Balaban J connectivity index is 2.25. The largest absolute Gasteiger partial charge is 0.399 e. The van der Waals surface area contributed by atoms with E-state index in [-0.39, 0.29) is 0 Å². The molecule has 2 aromatic rings. The van der Waals surface area contributed by atoms with Gasteiger partial charge in [-0.3, -0.25) is 0 Å². The van der Waals surface area contributed by atoms with E-state index in [0.717, 1.165) is 0 Å². The summed E-state index contributed by atoms with van der Waals surface area (Å²) in [7, 11) is 0. The Morgan fingerprint density at radius 3 is 2.47 bits per heavy atom. The highest BCUT2D eigenvalue weighted by molar-refractivity contribution is 5.54. The van der Waals surface area contributed by atoms with E-state index in [4.69, 9.17) is 5.73 Å². The molecule has 0 saturated heterocycles. The van der Waals surface area contributed by atoms with Gasteiger partial charge in [0.15, 0.2) is 0 Å². The van der Waals surface area contributed by atoms with Gasteiger partial charge in [0.1, 0.15) is 12.2 Å². The summed E-state index contributed by atoms with van der Waals surface area (Å²) in [6.45, 7) is 0. The number of aliphatic hydroxyl groups excluding tert-OH is 2. The lowest BCUT2D eigenvalue weighted by Gasteiger charge is -2.28. The lowest BCUT2D eigenvalue weighted by Crippen LogP contribution is -2.18. The first-order chi connectivity index (χ1) is 8.18. The number of anilines is 1. The molecule has 1 aliphatic carbocycles. The van der Waals surface area contributed by atoms with Crippen molar-refractivity contribution in [1.29, 1.82) is 0 Å². The molecule has 0 aliphatic heterocycles. The predicted octanol–water partition coefficient (Wildman–Crippen LogP) is 1.55. The highest BCUT2D eigenvalue weighted by Gasteiger charge is 2.29. The third kappa shape index (κ3) is 1.44. The fourth-order valence-corrected chi connectivity index (χ4v) is 2.36. The number of fused-ring (bicyclic) bond motifs is 2. The van der Waals surface area contributed by atoms with Gasteiger partial charge in [-0.05, 0) is 46.5 Å². The molecule has 2 aromatic carbocycles. The van der Waals surface area contributed by atoms with E-state index in [2.05, 4.69) is 6.07 Å². The number of benzene rings is 2. The van der Waals surface area contributed by atoms with Crippen molar-refractivity contribution in [1.82, 2.24) is 0 Å².